The third-order valence-corrected chi connectivity index (χ3v) is 4.34. The molecule has 0 fully saturated rings. The van der Waals surface area contributed by atoms with E-state index in [0.29, 0.717) is 5.56 Å². The van der Waals surface area contributed by atoms with Gasteiger partial charge in [-0.15, -0.1) is 0 Å². The summed E-state index contributed by atoms with van der Waals surface area (Å²) in [7, 11) is 0. The quantitative estimate of drug-likeness (QED) is 0.343. The molecule has 170 valence electrons. The zero-order valence-electron chi connectivity index (χ0n) is 18.0. The van der Waals surface area contributed by atoms with Crippen LogP contribution < -0.4 is 5.32 Å². The van der Waals surface area contributed by atoms with E-state index in [1.54, 1.807) is 20.8 Å². The van der Waals surface area contributed by atoms with Crippen molar-refractivity contribution in [1.82, 2.24) is 9.88 Å². The number of amides is 1. The maximum atomic E-state index is 13.1. The summed E-state index contributed by atoms with van der Waals surface area (Å²) in [6, 6.07) is 6.45. The van der Waals surface area contributed by atoms with Gasteiger partial charge in [-0.3, -0.25) is 0 Å². The number of phenols is 2. The van der Waals surface area contributed by atoms with Crippen LogP contribution in [-0.2, 0) is 20.7 Å². The first-order valence-electron chi connectivity index (χ1n) is 9.54. The van der Waals surface area contributed by atoms with Crippen LogP contribution in [0.3, 0.4) is 0 Å². The van der Waals surface area contributed by atoms with E-state index in [1.165, 1.54) is 44.2 Å². The van der Waals surface area contributed by atoms with Crippen LogP contribution >= 0.6 is 0 Å². The van der Waals surface area contributed by atoms with Gasteiger partial charge in [-0.25, -0.2) is 14.2 Å². The second kappa shape index (κ2) is 8.66. The number of hydrogen-bond donors (Lipinski definition) is 5. The fourth-order valence-electron chi connectivity index (χ4n) is 2.92. The minimum atomic E-state index is -1.65. The van der Waals surface area contributed by atoms with Crippen LogP contribution in [0.5, 0.6) is 23.3 Å². The van der Waals surface area contributed by atoms with Crippen LogP contribution in [0.25, 0.3) is 0 Å². The average molecular weight is 436 g/mol. The molecule has 2 atom stereocenters. The van der Waals surface area contributed by atoms with Gasteiger partial charge in [-0.1, -0.05) is 6.07 Å². The van der Waals surface area contributed by atoms with Crippen LogP contribution in [0.1, 0.15) is 46.4 Å². The summed E-state index contributed by atoms with van der Waals surface area (Å²) >= 11 is 0. The average Bonchev–Trinajstić information content (AvgIpc) is 2.94. The summed E-state index contributed by atoms with van der Waals surface area (Å²) in [5.41, 5.74) is -2.05. The number of esters is 1. The van der Waals surface area contributed by atoms with Crippen molar-refractivity contribution in [2.45, 2.75) is 58.4 Å². The summed E-state index contributed by atoms with van der Waals surface area (Å²) < 4.78 is 11.6. The Labute approximate surface area is 179 Å². The zero-order valence-corrected chi connectivity index (χ0v) is 18.0. The van der Waals surface area contributed by atoms with Gasteiger partial charge in [-0.2, -0.15) is 0 Å². The van der Waals surface area contributed by atoms with Crippen molar-refractivity contribution in [3.63, 3.8) is 0 Å². The molecule has 2 aromatic rings. The Morgan fingerprint density at radius 2 is 1.58 bits per heavy atom. The van der Waals surface area contributed by atoms with Gasteiger partial charge in [0.2, 0.25) is 0 Å². The second-order valence-corrected chi connectivity index (χ2v) is 8.38. The normalized spacial score (nSPS) is 14.4. The Morgan fingerprint density at radius 3 is 2.10 bits per heavy atom. The Bertz CT molecular complexity index is 943. The van der Waals surface area contributed by atoms with Crippen molar-refractivity contribution < 1.29 is 39.5 Å². The third-order valence-electron chi connectivity index (χ3n) is 4.34. The van der Waals surface area contributed by atoms with Crippen LogP contribution in [0, 0.1) is 0 Å². The molecule has 1 unspecified atom stereocenters. The molecule has 1 aromatic heterocycles. The number of benzene rings is 1. The van der Waals surface area contributed by atoms with Gasteiger partial charge < -0.3 is 35.2 Å². The molecule has 0 bridgehead atoms. The van der Waals surface area contributed by atoms with E-state index in [2.05, 4.69) is 5.32 Å². The fourth-order valence-corrected chi connectivity index (χ4v) is 2.92. The molecule has 0 spiro atoms. The number of alkyl carbamates (subject to hydrolysis) is 1. The highest BCUT2D eigenvalue weighted by Gasteiger charge is 2.39. The molecule has 0 radical (unpaired) electrons. The molecule has 2 rings (SSSR count). The number of aromatic nitrogens is 1. The summed E-state index contributed by atoms with van der Waals surface area (Å²) in [6.45, 7) is 7.84. The third kappa shape index (κ3) is 5.97. The molecule has 1 heterocycles. The number of aromatic hydroxyl groups is 4. The van der Waals surface area contributed by atoms with E-state index in [0.717, 1.165) is 4.57 Å². The zero-order chi connectivity index (χ0) is 23.6. The van der Waals surface area contributed by atoms with Crippen molar-refractivity contribution in [3.05, 3.63) is 35.9 Å². The summed E-state index contributed by atoms with van der Waals surface area (Å²) in [5.74, 6) is -2.24. The second-order valence-electron chi connectivity index (χ2n) is 8.38. The topological polar surface area (TPSA) is 150 Å². The van der Waals surface area contributed by atoms with Gasteiger partial charge in [0, 0.05) is 18.6 Å². The Morgan fingerprint density at radius 1 is 1.00 bits per heavy atom. The first-order valence-corrected chi connectivity index (χ1v) is 9.54. The van der Waals surface area contributed by atoms with Gasteiger partial charge in [-0.05, 0) is 52.3 Å². The van der Waals surface area contributed by atoms with Gasteiger partial charge in [0.25, 0.3) is 0 Å². The Balaban J connectivity index is 2.31. The largest absolute Gasteiger partial charge is 0.504 e. The molecule has 10 heteroatoms. The van der Waals surface area contributed by atoms with Gasteiger partial charge in [0.1, 0.15) is 11.1 Å². The number of carbonyl (C=O) groups excluding carboxylic acids is 2. The van der Waals surface area contributed by atoms with Crippen molar-refractivity contribution in [2.24, 2.45) is 0 Å². The molecule has 0 aliphatic carbocycles. The number of hydrogen-bond acceptors (Lipinski definition) is 8. The molecule has 1 aromatic carbocycles. The molecular weight excluding hydrogens is 408 g/mol. The lowest BCUT2D eigenvalue weighted by Gasteiger charge is -2.31. The lowest BCUT2D eigenvalue weighted by molar-refractivity contribution is -0.160. The van der Waals surface area contributed by atoms with Crippen molar-refractivity contribution in [1.29, 1.82) is 0 Å². The molecule has 0 saturated heterocycles. The van der Waals surface area contributed by atoms with E-state index < -0.39 is 29.4 Å². The maximum Gasteiger partial charge on any atom is 0.408 e. The number of rotatable bonds is 6. The SMILES string of the molecule is CC(OC(=O)[C@](C)(Cc1ccc(O)c(O)c1)NC(=O)OC(C)(C)C)n1c(O)ccc1O. The van der Waals surface area contributed by atoms with Gasteiger partial charge in [0.05, 0.1) is 0 Å². The smallest absolute Gasteiger partial charge is 0.408 e. The van der Waals surface area contributed by atoms with E-state index in [9.17, 15) is 30.0 Å². The molecule has 0 aliphatic heterocycles. The highest BCUT2D eigenvalue weighted by molar-refractivity contribution is 5.86. The van der Waals surface area contributed by atoms with E-state index in [4.69, 9.17) is 9.47 Å². The van der Waals surface area contributed by atoms with Crippen LogP contribution in [0.15, 0.2) is 30.3 Å². The van der Waals surface area contributed by atoms with E-state index in [1.807, 2.05) is 0 Å². The van der Waals surface area contributed by atoms with Crippen molar-refractivity contribution in [2.75, 3.05) is 0 Å². The van der Waals surface area contributed by atoms with Crippen molar-refractivity contribution in [3.8, 4) is 23.3 Å². The highest BCUT2D eigenvalue weighted by atomic mass is 16.6. The predicted octanol–water partition coefficient (Wildman–Crippen LogP) is 2.90. The number of phenolic OH excluding ortho intramolecular Hbond substituents is 2. The standard InChI is InChI=1S/C21H28N2O8/c1-12(23-16(26)8-9-17(23)27)30-18(28)21(5,22-19(29)31-20(2,3)4)11-13-6-7-14(24)15(25)10-13/h6-10,12,24-27H,11H2,1-5H3,(H,22,29)/t12?,21-/m0/s1. The number of carbonyl (C=O) groups is 2. The number of ether oxygens (including phenoxy) is 2. The van der Waals surface area contributed by atoms with Gasteiger partial charge in [0.15, 0.2) is 29.5 Å². The minimum absolute atomic E-state index is 0.116. The monoisotopic (exact) mass is 436 g/mol. The summed E-state index contributed by atoms with van der Waals surface area (Å²) in [6.07, 6.45) is -2.08. The first kappa shape index (κ1) is 23.7. The molecule has 0 saturated carbocycles. The molecular formula is C21H28N2O8. The summed E-state index contributed by atoms with van der Waals surface area (Å²) in [5, 5.41) is 41.5. The van der Waals surface area contributed by atoms with Crippen LogP contribution in [0.2, 0.25) is 0 Å². The Hall–Kier alpha value is -3.56. The molecule has 5 N–H and O–H groups in total. The predicted molar refractivity (Wildman–Crippen MR) is 110 cm³/mol. The fraction of sp³-hybridized carbons (Fsp3) is 0.429. The highest BCUT2D eigenvalue weighted by Crippen LogP contribution is 2.30. The van der Waals surface area contributed by atoms with Crippen LogP contribution in [-0.4, -0.2) is 48.2 Å². The van der Waals surface area contributed by atoms with E-state index >= 15 is 0 Å². The van der Waals surface area contributed by atoms with Gasteiger partial charge >= 0.3 is 12.1 Å². The first-order chi connectivity index (χ1) is 14.2. The lowest BCUT2D eigenvalue weighted by Crippen LogP contribution is -2.55. The number of nitrogens with one attached hydrogen (secondary N) is 1. The molecule has 0 aliphatic rings. The van der Waals surface area contributed by atoms with E-state index in [-0.39, 0.29) is 29.7 Å². The molecule has 31 heavy (non-hydrogen) atoms. The molecule has 1 amide bonds. The van der Waals surface area contributed by atoms with Crippen LogP contribution in [0.4, 0.5) is 4.79 Å². The lowest BCUT2D eigenvalue weighted by atomic mass is 9.92. The minimum Gasteiger partial charge on any atom is -0.504 e. The summed E-state index contributed by atoms with van der Waals surface area (Å²) in [4.78, 5) is 25.5. The maximum absolute atomic E-state index is 13.1. The number of nitrogens with zero attached hydrogens (tertiary/aromatic N) is 1. The molecule has 10 nitrogen and oxygen atoms in total. The van der Waals surface area contributed by atoms with Crippen molar-refractivity contribution >= 4 is 12.1 Å². The Kier molecular flexibility index (Phi) is 6.63.